The van der Waals surface area contributed by atoms with E-state index in [0.717, 1.165) is 17.9 Å². The van der Waals surface area contributed by atoms with Gasteiger partial charge in [0.25, 0.3) is 0 Å². The zero-order chi connectivity index (χ0) is 14.7. The monoisotopic (exact) mass is 292 g/mol. The van der Waals surface area contributed by atoms with Crippen LogP contribution >= 0.6 is 0 Å². The molecule has 2 aliphatic carbocycles. The first-order chi connectivity index (χ1) is 10.2. The average molecular weight is 293 g/mol. The van der Waals surface area contributed by atoms with E-state index in [4.69, 9.17) is 0 Å². The van der Waals surface area contributed by atoms with Crippen LogP contribution in [-0.2, 0) is 0 Å². The minimum Gasteiger partial charge on any atom is -0.313 e. The summed E-state index contributed by atoms with van der Waals surface area (Å²) >= 11 is 0. The van der Waals surface area contributed by atoms with Gasteiger partial charge in [-0.3, -0.25) is 0 Å². The molecule has 2 nitrogen and oxygen atoms in total. The van der Waals surface area contributed by atoms with E-state index in [-0.39, 0.29) is 0 Å². The molecule has 1 aliphatic heterocycles. The van der Waals surface area contributed by atoms with Gasteiger partial charge >= 0.3 is 0 Å². The predicted molar refractivity (Wildman–Crippen MR) is 90.5 cm³/mol. The summed E-state index contributed by atoms with van der Waals surface area (Å²) in [7, 11) is 0. The van der Waals surface area contributed by atoms with Crippen molar-refractivity contribution in [2.75, 3.05) is 26.2 Å². The Hall–Kier alpha value is -0.0800. The molecule has 2 saturated carbocycles. The van der Waals surface area contributed by atoms with Gasteiger partial charge in [0, 0.05) is 25.7 Å². The second-order valence-corrected chi connectivity index (χ2v) is 8.54. The number of hydrogen-bond acceptors (Lipinski definition) is 2. The van der Waals surface area contributed by atoms with E-state index in [2.05, 4.69) is 24.1 Å². The Kier molecular flexibility index (Phi) is 5.27. The molecule has 0 amide bonds. The molecule has 3 fully saturated rings. The molecule has 2 heteroatoms. The summed E-state index contributed by atoms with van der Waals surface area (Å²) < 4.78 is 0. The smallest absolute Gasteiger partial charge is 0.00684 e. The molecular weight excluding hydrogens is 256 g/mol. The van der Waals surface area contributed by atoms with E-state index in [0.29, 0.717) is 5.41 Å². The fourth-order valence-corrected chi connectivity index (χ4v) is 4.95. The highest BCUT2D eigenvalue weighted by Gasteiger charge is 2.39. The molecule has 0 spiro atoms. The van der Waals surface area contributed by atoms with Crippen molar-refractivity contribution in [3.63, 3.8) is 0 Å². The maximum atomic E-state index is 3.87. The van der Waals surface area contributed by atoms with E-state index in [1.165, 1.54) is 84.0 Å². The average Bonchev–Trinajstić information content (AvgIpc) is 3.19. The van der Waals surface area contributed by atoms with Crippen molar-refractivity contribution < 1.29 is 0 Å². The Labute approximate surface area is 132 Å². The normalized spacial score (nSPS) is 38.0. The number of likely N-dealkylation sites (tertiary alicyclic amines) is 1. The van der Waals surface area contributed by atoms with Crippen molar-refractivity contribution in [3.8, 4) is 0 Å². The van der Waals surface area contributed by atoms with Crippen molar-refractivity contribution in [2.45, 2.75) is 77.7 Å². The predicted octanol–water partition coefficient (Wildman–Crippen LogP) is 4.06. The first kappa shape index (κ1) is 15.8. The topological polar surface area (TPSA) is 15.3 Å². The van der Waals surface area contributed by atoms with Gasteiger partial charge in [-0.1, -0.05) is 33.1 Å². The third kappa shape index (κ3) is 4.45. The van der Waals surface area contributed by atoms with Crippen molar-refractivity contribution >= 4 is 0 Å². The number of hydrogen-bond donors (Lipinski definition) is 1. The Morgan fingerprint density at radius 3 is 2.76 bits per heavy atom. The maximum Gasteiger partial charge on any atom is 0.00684 e. The molecule has 0 bridgehead atoms. The summed E-state index contributed by atoms with van der Waals surface area (Å²) in [5.74, 6) is 1.93. The van der Waals surface area contributed by atoms with Gasteiger partial charge in [0.2, 0.25) is 0 Å². The second kappa shape index (κ2) is 7.00. The Balaban J connectivity index is 1.56. The van der Waals surface area contributed by atoms with Crippen LogP contribution in [0.1, 0.15) is 71.6 Å². The van der Waals surface area contributed by atoms with Crippen molar-refractivity contribution in [3.05, 3.63) is 0 Å². The molecule has 3 rings (SSSR count). The van der Waals surface area contributed by atoms with Crippen molar-refractivity contribution in [1.29, 1.82) is 0 Å². The van der Waals surface area contributed by atoms with Crippen LogP contribution in [0.5, 0.6) is 0 Å². The molecule has 3 aliphatic rings. The summed E-state index contributed by atoms with van der Waals surface area (Å²) in [5.41, 5.74) is 0.585. The van der Waals surface area contributed by atoms with Gasteiger partial charge in [-0.05, 0) is 62.3 Å². The van der Waals surface area contributed by atoms with E-state index in [9.17, 15) is 0 Å². The van der Waals surface area contributed by atoms with Crippen LogP contribution in [-0.4, -0.2) is 37.1 Å². The van der Waals surface area contributed by atoms with Gasteiger partial charge in [0.05, 0.1) is 0 Å². The van der Waals surface area contributed by atoms with Gasteiger partial charge in [0.15, 0.2) is 0 Å². The lowest BCUT2D eigenvalue weighted by atomic mass is 9.69. The Morgan fingerprint density at radius 2 is 2.05 bits per heavy atom. The summed E-state index contributed by atoms with van der Waals surface area (Å²) in [5, 5.41) is 3.87. The van der Waals surface area contributed by atoms with E-state index in [1.54, 1.807) is 0 Å². The number of nitrogens with zero attached hydrogens (tertiary/aromatic N) is 1. The standard InChI is InChI=1S/C19H36N2/c1-3-5-17-9-11-21(13-17)15-19(14-20-18-7-8-18)10-4-6-16(2)12-19/h16-18,20H,3-15H2,1-2H3. The van der Waals surface area contributed by atoms with Gasteiger partial charge in [-0.15, -0.1) is 0 Å². The third-order valence-electron chi connectivity index (χ3n) is 6.15. The third-order valence-corrected chi connectivity index (χ3v) is 6.15. The number of rotatable bonds is 7. The molecule has 3 unspecified atom stereocenters. The highest BCUT2D eigenvalue weighted by atomic mass is 15.2. The van der Waals surface area contributed by atoms with Crippen LogP contribution in [0.25, 0.3) is 0 Å². The molecule has 1 saturated heterocycles. The fraction of sp³-hybridized carbons (Fsp3) is 1.00. The lowest BCUT2D eigenvalue weighted by Crippen LogP contribution is -2.46. The van der Waals surface area contributed by atoms with Gasteiger partial charge in [0.1, 0.15) is 0 Å². The molecule has 122 valence electrons. The van der Waals surface area contributed by atoms with Crippen LogP contribution < -0.4 is 5.32 Å². The molecule has 21 heavy (non-hydrogen) atoms. The molecule has 0 aromatic carbocycles. The van der Waals surface area contributed by atoms with Crippen molar-refractivity contribution in [1.82, 2.24) is 10.2 Å². The summed E-state index contributed by atoms with van der Waals surface area (Å²) in [6.45, 7) is 10.2. The molecular formula is C19H36N2. The zero-order valence-corrected chi connectivity index (χ0v) is 14.4. The molecule has 0 aromatic rings. The largest absolute Gasteiger partial charge is 0.313 e. The minimum atomic E-state index is 0.585. The highest BCUT2D eigenvalue weighted by molar-refractivity contribution is 4.94. The Bertz CT molecular complexity index is 326. The lowest BCUT2D eigenvalue weighted by molar-refractivity contribution is 0.0888. The van der Waals surface area contributed by atoms with Gasteiger partial charge in [-0.2, -0.15) is 0 Å². The fourth-order valence-electron chi connectivity index (χ4n) is 4.95. The molecule has 1 N–H and O–H groups in total. The van der Waals surface area contributed by atoms with Crippen LogP contribution in [0.15, 0.2) is 0 Å². The first-order valence-electron chi connectivity index (χ1n) is 9.65. The van der Waals surface area contributed by atoms with E-state index < -0.39 is 0 Å². The first-order valence-corrected chi connectivity index (χ1v) is 9.65. The Morgan fingerprint density at radius 1 is 1.19 bits per heavy atom. The second-order valence-electron chi connectivity index (χ2n) is 8.54. The summed E-state index contributed by atoms with van der Waals surface area (Å²) in [4.78, 5) is 2.81. The maximum absolute atomic E-state index is 3.87. The lowest BCUT2D eigenvalue weighted by Gasteiger charge is -2.43. The quantitative estimate of drug-likeness (QED) is 0.761. The van der Waals surface area contributed by atoms with Gasteiger partial charge in [-0.25, -0.2) is 0 Å². The minimum absolute atomic E-state index is 0.585. The molecule has 1 heterocycles. The SMILES string of the molecule is CCCC1CCN(CC2(CNC3CC3)CCCC(C)C2)C1. The van der Waals surface area contributed by atoms with Crippen molar-refractivity contribution in [2.24, 2.45) is 17.3 Å². The molecule has 0 radical (unpaired) electrons. The van der Waals surface area contributed by atoms with Gasteiger partial charge < -0.3 is 10.2 Å². The molecule has 0 aromatic heterocycles. The summed E-state index contributed by atoms with van der Waals surface area (Å²) in [6, 6.07) is 0.866. The van der Waals surface area contributed by atoms with Crippen LogP contribution in [0.2, 0.25) is 0 Å². The zero-order valence-electron chi connectivity index (χ0n) is 14.4. The summed E-state index contributed by atoms with van der Waals surface area (Å²) in [6.07, 6.45) is 13.0. The van der Waals surface area contributed by atoms with Crippen LogP contribution in [0.3, 0.4) is 0 Å². The van der Waals surface area contributed by atoms with Crippen LogP contribution in [0.4, 0.5) is 0 Å². The number of nitrogens with one attached hydrogen (secondary N) is 1. The van der Waals surface area contributed by atoms with E-state index in [1.807, 2.05) is 0 Å². The van der Waals surface area contributed by atoms with Crippen LogP contribution in [0, 0.1) is 17.3 Å². The highest BCUT2D eigenvalue weighted by Crippen LogP contribution is 2.41. The molecule has 3 atom stereocenters. The van der Waals surface area contributed by atoms with E-state index >= 15 is 0 Å².